The van der Waals surface area contributed by atoms with Crippen LogP contribution in [-0.2, 0) is 0 Å². The first-order valence-corrected chi connectivity index (χ1v) is 8.60. The van der Waals surface area contributed by atoms with Crippen LogP contribution in [0.15, 0.2) is 11.6 Å². The Balaban J connectivity index is 4.51. The lowest BCUT2D eigenvalue weighted by molar-refractivity contribution is 0.462. The van der Waals surface area contributed by atoms with E-state index in [2.05, 4.69) is 33.8 Å². The maximum absolute atomic E-state index is 5.94. The lowest BCUT2D eigenvalue weighted by Gasteiger charge is -2.21. The first-order valence-electron chi connectivity index (χ1n) is 8.60. The van der Waals surface area contributed by atoms with Crippen molar-refractivity contribution in [1.82, 2.24) is 0 Å². The Kier molecular flexibility index (Phi) is 12.7. The second-order valence-electron chi connectivity index (χ2n) is 6.07. The summed E-state index contributed by atoms with van der Waals surface area (Å²) in [6, 6.07) is 0. The van der Waals surface area contributed by atoms with Gasteiger partial charge in [0.05, 0.1) is 7.85 Å². The van der Waals surface area contributed by atoms with Gasteiger partial charge in [0.15, 0.2) is 0 Å². The molecular weight excluding hydrogens is 227 g/mol. The first-order chi connectivity index (χ1) is 9.15. The summed E-state index contributed by atoms with van der Waals surface area (Å²) in [5.74, 6) is 1.16. The fraction of sp³-hybridized carbons (Fsp3) is 0.889. The van der Waals surface area contributed by atoms with Crippen LogP contribution in [0.5, 0.6) is 0 Å². The highest BCUT2D eigenvalue weighted by atomic mass is 14.2. The van der Waals surface area contributed by atoms with E-state index in [9.17, 15) is 0 Å². The minimum Gasteiger partial charge on any atom is -0.0851 e. The van der Waals surface area contributed by atoms with E-state index in [0.717, 1.165) is 12.3 Å². The van der Waals surface area contributed by atoms with Crippen LogP contribution < -0.4 is 0 Å². The first kappa shape index (κ1) is 18.8. The normalized spacial score (nSPS) is 15.5. The minimum absolute atomic E-state index is 0.336. The molecule has 2 atom stereocenters. The van der Waals surface area contributed by atoms with Crippen LogP contribution >= 0.6 is 0 Å². The Hall–Kier alpha value is -0.195. The van der Waals surface area contributed by atoms with Gasteiger partial charge in [-0.05, 0) is 31.6 Å². The average Bonchev–Trinajstić information content (AvgIpc) is 2.38. The van der Waals surface area contributed by atoms with Crippen LogP contribution in [-0.4, -0.2) is 7.85 Å². The van der Waals surface area contributed by atoms with E-state index in [0.29, 0.717) is 5.82 Å². The maximum atomic E-state index is 5.94. The monoisotopic (exact) mass is 262 g/mol. The van der Waals surface area contributed by atoms with E-state index < -0.39 is 0 Å². The molecule has 0 aromatic rings. The van der Waals surface area contributed by atoms with Gasteiger partial charge < -0.3 is 0 Å². The van der Waals surface area contributed by atoms with Crippen molar-refractivity contribution in [2.75, 3.05) is 0 Å². The third-order valence-electron chi connectivity index (χ3n) is 3.90. The van der Waals surface area contributed by atoms with E-state index >= 15 is 0 Å². The van der Waals surface area contributed by atoms with Gasteiger partial charge in [-0.25, -0.2) is 0 Å². The molecule has 0 N–H and O–H groups in total. The quantitative estimate of drug-likeness (QED) is 0.215. The molecule has 0 rings (SSSR count). The van der Waals surface area contributed by atoms with Crippen LogP contribution in [0.3, 0.4) is 0 Å². The number of allylic oxidation sites excluding steroid dienone is 2. The maximum Gasteiger partial charge on any atom is 0.0695 e. The molecule has 0 aromatic heterocycles. The van der Waals surface area contributed by atoms with Crippen LogP contribution in [0, 0.1) is 5.92 Å². The molecule has 0 amide bonds. The van der Waals surface area contributed by atoms with Gasteiger partial charge in [-0.15, -0.1) is 0 Å². The summed E-state index contributed by atoms with van der Waals surface area (Å²) < 4.78 is 0. The van der Waals surface area contributed by atoms with Gasteiger partial charge in [-0.1, -0.05) is 83.7 Å². The largest absolute Gasteiger partial charge is 0.0851 e. The molecule has 0 fully saturated rings. The predicted molar refractivity (Wildman–Crippen MR) is 89.9 cm³/mol. The second-order valence-corrected chi connectivity index (χ2v) is 6.07. The molecule has 19 heavy (non-hydrogen) atoms. The van der Waals surface area contributed by atoms with E-state index in [1.165, 1.54) is 57.8 Å². The molecule has 0 bridgehead atoms. The van der Waals surface area contributed by atoms with Gasteiger partial charge in [0.1, 0.15) is 0 Å². The molecule has 0 saturated carbocycles. The lowest BCUT2D eigenvalue weighted by atomic mass is 9.80. The molecule has 2 radical (unpaired) electrons. The number of hydrogen-bond donors (Lipinski definition) is 0. The standard InChI is InChI=1S/C18H35B/c1-5-8-10-13-17(11-7-3)18(12-9-6-2)15-14-16(4)19/h12,16-17H,5-11,13-15H2,1-4H3. The summed E-state index contributed by atoms with van der Waals surface area (Å²) in [4.78, 5) is 0. The fourth-order valence-electron chi connectivity index (χ4n) is 2.70. The Bertz CT molecular complexity index is 218. The van der Waals surface area contributed by atoms with Crippen LogP contribution in [0.2, 0.25) is 5.82 Å². The van der Waals surface area contributed by atoms with Gasteiger partial charge in [-0.2, -0.15) is 0 Å². The Morgan fingerprint density at radius 3 is 2.21 bits per heavy atom. The summed E-state index contributed by atoms with van der Waals surface area (Å²) >= 11 is 0. The van der Waals surface area contributed by atoms with Crippen molar-refractivity contribution in [2.45, 2.75) is 97.7 Å². The number of unbranched alkanes of at least 4 members (excludes halogenated alkanes) is 3. The zero-order valence-corrected chi connectivity index (χ0v) is 13.9. The molecule has 0 nitrogen and oxygen atoms in total. The van der Waals surface area contributed by atoms with E-state index in [-0.39, 0.29) is 0 Å². The average molecular weight is 262 g/mol. The van der Waals surface area contributed by atoms with Crippen molar-refractivity contribution in [3.05, 3.63) is 11.6 Å². The topological polar surface area (TPSA) is 0 Å². The zero-order valence-electron chi connectivity index (χ0n) is 13.9. The zero-order chi connectivity index (χ0) is 14.5. The fourth-order valence-corrected chi connectivity index (χ4v) is 2.70. The van der Waals surface area contributed by atoms with Gasteiger partial charge in [0, 0.05) is 0 Å². The van der Waals surface area contributed by atoms with Crippen molar-refractivity contribution in [3.8, 4) is 0 Å². The Labute approximate surface area is 123 Å². The molecule has 0 aliphatic rings. The molecule has 0 heterocycles. The summed E-state index contributed by atoms with van der Waals surface area (Å²) in [5, 5.41) is 0. The molecule has 2 unspecified atom stereocenters. The van der Waals surface area contributed by atoms with Crippen molar-refractivity contribution in [2.24, 2.45) is 5.92 Å². The van der Waals surface area contributed by atoms with Gasteiger partial charge in [0.25, 0.3) is 0 Å². The number of rotatable bonds is 12. The smallest absolute Gasteiger partial charge is 0.0695 e. The highest BCUT2D eigenvalue weighted by Gasteiger charge is 2.13. The highest BCUT2D eigenvalue weighted by molar-refractivity contribution is 6.11. The van der Waals surface area contributed by atoms with Gasteiger partial charge >= 0.3 is 0 Å². The third kappa shape index (κ3) is 10.3. The molecule has 0 aromatic carbocycles. The van der Waals surface area contributed by atoms with E-state index in [1.807, 2.05) is 0 Å². The summed E-state index contributed by atoms with van der Waals surface area (Å²) in [6.07, 6.45) is 15.5. The van der Waals surface area contributed by atoms with Crippen LogP contribution in [0.1, 0.15) is 91.9 Å². The number of hydrogen-bond acceptors (Lipinski definition) is 0. The lowest BCUT2D eigenvalue weighted by Crippen LogP contribution is -2.06. The summed E-state index contributed by atoms with van der Waals surface area (Å²) in [7, 11) is 5.94. The Morgan fingerprint density at radius 1 is 0.947 bits per heavy atom. The highest BCUT2D eigenvalue weighted by Crippen LogP contribution is 2.29. The molecule has 110 valence electrons. The molecule has 0 aliphatic carbocycles. The summed E-state index contributed by atoms with van der Waals surface area (Å²) in [5.41, 5.74) is 1.71. The summed E-state index contributed by atoms with van der Waals surface area (Å²) in [6.45, 7) is 9.00. The molecule has 0 spiro atoms. The minimum atomic E-state index is 0.336. The van der Waals surface area contributed by atoms with Crippen LogP contribution in [0.4, 0.5) is 0 Å². The van der Waals surface area contributed by atoms with E-state index in [4.69, 9.17) is 7.85 Å². The Morgan fingerprint density at radius 2 is 1.68 bits per heavy atom. The van der Waals surface area contributed by atoms with E-state index in [1.54, 1.807) is 5.57 Å². The SMILES string of the molecule is [B]C(C)CCC(=CCCC)C(CCC)CCCCC. The molecule has 0 aliphatic heterocycles. The van der Waals surface area contributed by atoms with Crippen molar-refractivity contribution < 1.29 is 0 Å². The van der Waals surface area contributed by atoms with Gasteiger partial charge in [0.2, 0.25) is 0 Å². The van der Waals surface area contributed by atoms with Crippen molar-refractivity contribution in [1.29, 1.82) is 0 Å². The van der Waals surface area contributed by atoms with Gasteiger partial charge in [-0.3, -0.25) is 0 Å². The van der Waals surface area contributed by atoms with Crippen LogP contribution in [0.25, 0.3) is 0 Å². The molecule has 1 heteroatoms. The van der Waals surface area contributed by atoms with Crippen molar-refractivity contribution in [3.63, 3.8) is 0 Å². The predicted octanol–water partition coefficient (Wildman–Crippen LogP) is 6.47. The molecule has 0 saturated heterocycles. The molecular formula is C18H35B. The second kappa shape index (κ2) is 12.8. The van der Waals surface area contributed by atoms with Crippen molar-refractivity contribution >= 4 is 7.85 Å². The third-order valence-corrected chi connectivity index (χ3v) is 3.90.